The summed E-state index contributed by atoms with van der Waals surface area (Å²) in [7, 11) is 0. The molecule has 4 nitrogen and oxygen atoms in total. The van der Waals surface area contributed by atoms with E-state index in [1.807, 2.05) is 0 Å². The molecule has 1 aliphatic carbocycles. The molecular weight excluding hydrogens is 311 g/mol. The smallest absolute Gasteiger partial charge is 0.392 e. The van der Waals surface area contributed by atoms with E-state index in [2.05, 4.69) is 5.10 Å². The fraction of sp³-hybridized carbons (Fsp3) is 0.692. The van der Waals surface area contributed by atoms with Crippen molar-refractivity contribution >= 4 is 5.97 Å². The summed E-state index contributed by atoms with van der Waals surface area (Å²) in [5.74, 6) is -7.22. The molecule has 0 saturated heterocycles. The minimum atomic E-state index is -4.37. The molecule has 1 aromatic heterocycles. The average molecular weight is 326 g/mol. The molecule has 0 aromatic carbocycles. The Labute approximate surface area is 122 Å². The number of carboxylic acid groups (broad SMARTS) is 1. The first-order chi connectivity index (χ1) is 9.93. The van der Waals surface area contributed by atoms with Gasteiger partial charge in [0, 0.05) is 19.0 Å². The lowest BCUT2D eigenvalue weighted by Crippen LogP contribution is -2.40. The summed E-state index contributed by atoms with van der Waals surface area (Å²) in [6, 6.07) is 0. The molecule has 1 saturated carbocycles. The Balaban J connectivity index is 2.34. The monoisotopic (exact) mass is 326 g/mol. The molecule has 1 unspecified atom stereocenters. The zero-order valence-electron chi connectivity index (χ0n) is 11.9. The molecule has 0 spiro atoms. The second kappa shape index (κ2) is 5.20. The standard InChI is InChI=1S/C13H15F5N2O2/c1-6-9(11(21)22)20(19-10(6)12(2,14)15)5-7-3-4-8(7)13(16,17)18/h7-8H,3-5H2,1-2H3,(H,21,22)/t7?,8-/m1/s1. The van der Waals surface area contributed by atoms with E-state index in [1.54, 1.807) is 0 Å². The molecule has 1 fully saturated rings. The number of carboxylic acids is 1. The number of carbonyl (C=O) groups is 1. The van der Waals surface area contributed by atoms with Crippen molar-refractivity contribution in [2.24, 2.45) is 11.8 Å². The Bertz CT molecular complexity index is 588. The molecule has 0 bridgehead atoms. The maximum Gasteiger partial charge on any atom is 0.392 e. The van der Waals surface area contributed by atoms with Crippen molar-refractivity contribution in [3.05, 3.63) is 17.0 Å². The molecule has 0 amide bonds. The van der Waals surface area contributed by atoms with Crippen molar-refractivity contribution in [3.63, 3.8) is 0 Å². The fourth-order valence-corrected chi connectivity index (χ4v) is 2.81. The number of aromatic nitrogens is 2. The lowest BCUT2D eigenvalue weighted by atomic mass is 9.73. The van der Waals surface area contributed by atoms with Crippen LogP contribution in [0.3, 0.4) is 0 Å². The highest BCUT2D eigenvalue weighted by atomic mass is 19.4. The number of hydrogen-bond acceptors (Lipinski definition) is 2. The second-order valence-electron chi connectivity index (χ2n) is 5.68. The van der Waals surface area contributed by atoms with E-state index < -0.39 is 41.3 Å². The van der Waals surface area contributed by atoms with Crippen molar-refractivity contribution in [1.82, 2.24) is 9.78 Å². The molecule has 124 valence electrons. The Hall–Kier alpha value is -1.67. The Kier molecular flexibility index (Phi) is 3.95. The van der Waals surface area contributed by atoms with Crippen molar-refractivity contribution in [2.45, 2.75) is 45.3 Å². The van der Waals surface area contributed by atoms with Crippen molar-refractivity contribution in [2.75, 3.05) is 0 Å². The van der Waals surface area contributed by atoms with Gasteiger partial charge in [-0.3, -0.25) is 4.68 Å². The van der Waals surface area contributed by atoms with Crippen LogP contribution in [0.5, 0.6) is 0 Å². The second-order valence-corrected chi connectivity index (χ2v) is 5.68. The summed E-state index contributed by atoms with van der Waals surface area (Å²) in [6.45, 7) is 1.42. The van der Waals surface area contributed by atoms with E-state index in [1.165, 1.54) is 6.92 Å². The zero-order chi connectivity index (χ0) is 16.9. The van der Waals surface area contributed by atoms with Crippen LogP contribution < -0.4 is 0 Å². The van der Waals surface area contributed by atoms with Gasteiger partial charge in [-0.25, -0.2) is 4.79 Å². The highest BCUT2D eigenvalue weighted by Crippen LogP contribution is 2.46. The predicted octanol–water partition coefficient (Wildman–Crippen LogP) is 3.59. The number of hydrogen-bond donors (Lipinski definition) is 1. The summed E-state index contributed by atoms with van der Waals surface area (Å²) in [5, 5.41) is 12.7. The SMILES string of the molecule is Cc1c(C(C)(F)F)nn(CC2CC[C@H]2C(F)(F)F)c1C(=O)O. The Morgan fingerprint density at radius 3 is 2.27 bits per heavy atom. The topological polar surface area (TPSA) is 55.1 Å². The van der Waals surface area contributed by atoms with E-state index in [4.69, 9.17) is 5.11 Å². The third-order valence-electron chi connectivity index (χ3n) is 4.05. The molecule has 2 atom stereocenters. The van der Waals surface area contributed by atoms with Crippen LogP contribution in [0.2, 0.25) is 0 Å². The van der Waals surface area contributed by atoms with Crippen molar-refractivity contribution in [1.29, 1.82) is 0 Å². The van der Waals surface area contributed by atoms with Gasteiger partial charge in [0.25, 0.3) is 5.92 Å². The molecular formula is C13H15F5N2O2. The number of aromatic carboxylic acids is 1. The first-order valence-electron chi connectivity index (χ1n) is 6.68. The van der Waals surface area contributed by atoms with Gasteiger partial charge in [-0.2, -0.15) is 27.1 Å². The Morgan fingerprint density at radius 2 is 1.91 bits per heavy atom. The van der Waals surface area contributed by atoms with Gasteiger partial charge < -0.3 is 5.11 Å². The van der Waals surface area contributed by atoms with Gasteiger partial charge in [-0.15, -0.1) is 0 Å². The number of nitrogens with zero attached hydrogens (tertiary/aromatic N) is 2. The van der Waals surface area contributed by atoms with Crippen LogP contribution in [-0.4, -0.2) is 27.0 Å². The molecule has 2 rings (SSSR count). The summed E-state index contributed by atoms with van der Waals surface area (Å²) in [5.41, 5.74) is -1.42. The molecule has 0 radical (unpaired) electrons. The van der Waals surface area contributed by atoms with Gasteiger partial charge in [-0.1, -0.05) is 0 Å². The largest absolute Gasteiger partial charge is 0.477 e. The molecule has 1 heterocycles. The van der Waals surface area contributed by atoms with Gasteiger partial charge in [0.1, 0.15) is 11.4 Å². The molecule has 22 heavy (non-hydrogen) atoms. The molecule has 1 N–H and O–H groups in total. The molecule has 1 aliphatic rings. The first-order valence-corrected chi connectivity index (χ1v) is 6.68. The minimum Gasteiger partial charge on any atom is -0.477 e. The summed E-state index contributed by atoms with van der Waals surface area (Å²) < 4.78 is 65.8. The number of rotatable bonds is 4. The van der Waals surface area contributed by atoms with Crippen LogP contribution in [0.1, 0.15) is 41.5 Å². The highest BCUT2D eigenvalue weighted by molar-refractivity contribution is 5.87. The third-order valence-corrected chi connectivity index (χ3v) is 4.05. The average Bonchev–Trinajstić information content (AvgIpc) is 2.58. The van der Waals surface area contributed by atoms with Gasteiger partial charge in [0.05, 0.1) is 5.92 Å². The van der Waals surface area contributed by atoms with Crippen LogP contribution in [0.25, 0.3) is 0 Å². The van der Waals surface area contributed by atoms with Gasteiger partial charge >= 0.3 is 12.1 Å². The van der Waals surface area contributed by atoms with Crippen LogP contribution in [0, 0.1) is 18.8 Å². The van der Waals surface area contributed by atoms with Gasteiger partial charge in [-0.05, 0) is 25.7 Å². The number of halogens is 5. The van der Waals surface area contributed by atoms with Crippen LogP contribution in [0.4, 0.5) is 22.0 Å². The van der Waals surface area contributed by atoms with Crippen LogP contribution >= 0.6 is 0 Å². The quantitative estimate of drug-likeness (QED) is 0.860. The minimum absolute atomic E-state index is 0.0341. The lowest BCUT2D eigenvalue weighted by Gasteiger charge is -2.37. The van der Waals surface area contributed by atoms with Crippen LogP contribution in [0.15, 0.2) is 0 Å². The van der Waals surface area contributed by atoms with E-state index in [9.17, 15) is 26.7 Å². The van der Waals surface area contributed by atoms with E-state index in [0.29, 0.717) is 6.92 Å². The van der Waals surface area contributed by atoms with E-state index in [-0.39, 0.29) is 24.9 Å². The predicted molar refractivity (Wildman–Crippen MR) is 65.8 cm³/mol. The van der Waals surface area contributed by atoms with E-state index >= 15 is 0 Å². The highest BCUT2D eigenvalue weighted by Gasteiger charge is 2.50. The van der Waals surface area contributed by atoms with Gasteiger partial charge in [0.15, 0.2) is 0 Å². The Morgan fingerprint density at radius 1 is 1.32 bits per heavy atom. The number of alkyl halides is 5. The molecule has 1 aromatic rings. The summed E-state index contributed by atoms with van der Waals surface area (Å²) in [6.07, 6.45) is -4.14. The van der Waals surface area contributed by atoms with Crippen molar-refractivity contribution in [3.8, 4) is 0 Å². The van der Waals surface area contributed by atoms with Gasteiger partial charge in [0.2, 0.25) is 0 Å². The summed E-state index contributed by atoms with van der Waals surface area (Å²) >= 11 is 0. The maximum atomic E-state index is 13.4. The maximum absolute atomic E-state index is 13.4. The van der Waals surface area contributed by atoms with E-state index in [0.717, 1.165) is 4.68 Å². The van der Waals surface area contributed by atoms with Crippen LogP contribution in [-0.2, 0) is 12.5 Å². The fourth-order valence-electron chi connectivity index (χ4n) is 2.81. The van der Waals surface area contributed by atoms with Crippen molar-refractivity contribution < 1.29 is 31.9 Å². The molecule has 9 heteroatoms. The zero-order valence-corrected chi connectivity index (χ0v) is 11.9. The summed E-state index contributed by atoms with van der Waals surface area (Å²) in [4.78, 5) is 11.2. The normalized spacial score (nSPS) is 22.5. The lowest BCUT2D eigenvalue weighted by molar-refractivity contribution is -0.214. The molecule has 0 aliphatic heterocycles. The third kappa shape index (κ3) is 2.93. The first kappa shape index (κ1) is 16.7.